The van der Waals surface area contributed by atoms with Gasteiger partial charge in [0.15, 0.2) is 0 Å². The molecule has 1 aliphatic rings. The average molecular weight is 365 g/mol. The standard InChI is InChI=1S/C21H23N3O3/c1-23(2)20(26)14-15-5-9-17(10-6-15)22-21(27)16-7-11-18(12-8-16)24-13-3-4-19(24)25/h5-12H,3-4,13-14H2,1-2H3,(H,22,27). The van der Waals surface area contributed by atoms with E-state index in [4.69, 9.17) is 0 Å². The van der Waals surface area contributed by atoms with Crippen LogP contribution in [-0.2, 0) is 16.0 Å². The van der Waals surface area contributed by atoms with Crippen molar-refractivity contribution in [1.29, 1.82) is 0 Å². The van der Waals surface area contributed by atoms with E-state index in [0.29, 0.717) is 24.1 Å². The van der Waals surface area contributed by atoms with E-state index in [1.54, 1.807) is 60.3 Å². The number of nitrogens with zero attached hydrogens (tertiary/aromatic N) is 2. The van der Waals surface area contributed by atoms with Gasteiger partial charge >= 0.3 is 0 Å². The maximum Gasteiger partial charge on any atom is 0.255 e. The molecule has 0 unspecified atom stereocenters. The molecule has 2 aromatic rings. The Morgan fingerprint density at radius 1 is 1.04 bits per heavy atom. The Bertz CT molecular complexity index is 842. The lowest BCUT2D eigenvalue weighted by Crippen LogP contribution is -2.23. The zero-order valence-electron chi connectivity index (χ0n) is 15.6. The first-order valence-electron chi connectivity index (χ1n) is 8.95. The summed E-state index contributed by atoms with van der Waals surface area (Å²) >= 11 is 0. The number of hydrogen-bond acceptors (Lipinski definition) is 3. The minimum Gasteiger partial charge on any atom is -0.349 e. The highest BCUT2D eigenvalue weighted by molar-refractivity contribution is 6.04. The summed E-state index contributed by atoms with van der Waals surface area (Å²) in [5.74, 6) is -0.0604. The third kappa shape index (κ3) is 4.53. The first-order valence-corrected chi connectivity index (χ1v) is 8.95. The Morgan fingerprint density at radius 2 is 1.70 bits per heavy atom. The van der Waals surface area contributed by atoms with Crippen LogP contribution < -0.4 is 10.2 Å². The van der Waals surface area contributed by atoms with Crippen molar-refractivity contribution in [2.24, 2.45) is 0 Å². The molecule has 140 valence electrons. The lowest BCUT2D eigenvalue weighted by Gasteiger charge is -2.15. The third-order valence-corrected chi connectivity index (χ3v) is 4.58. The van der Waals surface area contributed by atoms with E-state index >= 15 is 0 Å². The van der Waals surface area contributed by atoms with Gasteiger partial charge in [0.2, 0.25) is 11.8 Å². The summed E-state index contributed by atoms with van der Waals surface area (Å²) in [6, 6.07) is 14.3. The normalized spacial score (nSPS) is 13.6. The van der Waals surface area contributed by atoms with Gasteiger partial charge in [-0.15, -0.1) is 0 Å². The lowest BCUT2D eigenvalue weighted by atomic mass is 10.1. The van der Waals surface area contributed by atoms with Crippen molar-refractivity contribution in [3.05, 3.63) is 59.7 Å². The van der Waals surface area contributed by atoms with Gasteiger partial charge in [0, 0.05) is 44.0 Å². The van der Waals surface area contributed by atoms with Crippen LogP contribution in [0.15, 0.2) is 48.5 Å². The van der Waals surface area contributed by atoms with Crippen LogP contribution in [0, 0.1) is 0 Å². The molecule has 1 heterocycles. The highest BCUT2D eigenvalue weighted by Crippen LogP contribution is 2.22. The monoisotopic (exact) mass is 365 g/mol. The summed E-state index contributed by atoms with van der Waals surface area (Å²) in [5.41, 5.74) is 2.91. The number of hydrogen-bond donors (Lipinski definition) is 1. The van der Waals surface area contributed by atoms with Gasteiger partial charge in [0.05, 0.1) is 6.42 Å². The van der Waals surface area contributed by atoms with Crippen molar-refractivity contribution >= 4 is 29.1 Å². The molecule has 6 heteroatoms. The summed E-state index contributed by atoms with van der Waals surface area (Å²) in [6.07, 6.45) is 1.79. The molecule has 1 fully saturated rings. The van der Waals surface area contributed by atoms with Gasteiger partial charge in [-0.2, -0.15) is 0 Å². The van der Waals surface area contributed by atoms with E-state index in [2.05, 4.69) is 5.32 Å². The topological polar surface area (TPSA) is 69.7 Å². The quantitative estimate of drug-likeness (QED) is 0.886. The van der Waals surface area contributed by atoms with Crippen molar-refractivity contribution in [2.45, 2.75) is 19.3 Å². The molecule has 0 spiro atoms. The van der Waals surface area contributed by atoms with Crippen LogP contribution in [0.25, 0.3) is 0 Å². The maximum absolute atomic E-state index is 12.4. The zero-order chi connectivity index (χ0) is 19.4. The smallest absolute Gasteiger partial charge is 0.255 e. The highest BCUT2D eigenvalue weighted by Gasteiger charge is 2.21. The molecule has 0 aromatic heterocycles. The van der Waals surface area contributed by atoms with Crippen LogP contribution in [0.1, 0.15) is 28.8 Å². The lowest BCUT2D eigenvalue weighted by molar-refractivity contribution is -0.128. The molecule has 27 heavy (non-hydrogen) atoms. The molecule has 3 amide bonds. The number of likely N-dealkylation sites (N-methyl/N-ethyl adjacent to an activating group) is 1. The molecule has 0 atom stereocenters. The summed E-state index contributed by atoms with van der Waals surface area (Å²) in [4.78, 5) is 39.2. The van der Waals surface area contributed by atoms with Crippen LogP contribution in [-0.4, -0.2) is 43.3 Å². The second-order valence-electron chi connectivity index (χ2n) is 6.81. The van der Waals surface area contributed by atoms with Gasteiger partial charge in [-0.05, 0) is 48.4 Å². The van der Waals surface area contributed by atoms with E-state index in [1.807, 2.05) is 12.1 Å². The van der Waals surface area contributed by atoms with Crippen LogP contribution in [0.4, 0.5) is 11.4 Å². The average Bonchev–Trinajstić information content (AvgIpc) is 3.09. The fourth-order valence-electron chi connectivity index (χ4n) is 2.96. The van der Waals surface area contributed by atoms with Crippen molar-refractivity contribution in [3.8, 4) is 0 Å². The summed E-state index contributed by atoms with van der Waals surface area (Å²) in [7, 11) is 3.45. The van der Waals surface area contributed by atoms with Gasteiger partial charge in [0.1, 0.15) is 0 Å². The zero-order valence-corrected chi connectivity index (χ0v) is 15.6. The number of carbonyl (C=O) groups excluding carboxylic acids is 3. The molecule has 3 rings (SSSR count). The molecule has 1 saturated heterocycles. The molecular formula is C21H23N3O3. The van der Waals surface area contributed by atoms with E-state index in [-0.39, 0.29) is 17.7 Å². The largest absolute Gasteiger partial charge is 0.349 e. The van der Waals surface area contributed by atoms with Gasteiger partial charge in [-0.25, -0.2) is 0 Å². The predicted octanol–water partition coefficient (Wildman–Crippen LogP) is 2.70. The van der Waals surface area contributed by atoms with E-state index < -0.39 is 0 Å². The van der Waals surface area contributed by atoms with Crippen LogP contribution in [0.2, 0.25) is 0 Å². The molecule has 6 nitrogen and oxygen atoms in total. The van der Waals surface area contributed by atoms with E-state index in [0.717, 1.165) is 24.2 Å². The minimum atomic E-state index is -0.216. The second-order valence-corrected chi connectivity index (χ2v) is 6.81. The molecule has 1 aliphatic heterocycles. The minimum absolute atomic E-state index is 0.0309. The Morgan fingerprint density at radius 3 is 2.26 bits per heavy atom. The molecule has 1 N–H and O–H groups in total. The molecule has 0 aliphatic carbocycles. The van der Waals surface area contributed by atoms with E-state index in [1.165, 1.54) is 0 Å². The van der Waals surface area contributed by atoms with Crippen LogP contribution in [0.3, 0.4) is 0 Å². The van der Waals surface area contributed by atoms with Gasteiger partial charge in [-0.3, -0.25) is 14.4 Å². The van der Waals surface area contributed by atoms with Crippen molar-refractivity contribution < 1.29 is 14.4 Å². The third-order valence-electron chi connectivity index (χ3n) is 4.58. The first-order chi connectivity index (χ1) is 12.9. The number of benzene rings is 2. The number of anilines is 2. The van der Waals surface area contributed by atoms with Crippen molar-refractivity contribution in [2.75, 3.05) is 30.9 Å². The Balaban J connectivity index is 1.61. The Kier molecular flexibility index (Phi) is 5.54. The highest BCUT2D eigenvalue weighted by atomic mass is 16.2. The SMILES string of the molecule is CN(C)C(=O)Cc1ccc(NC(=O)c2ccc(N3CCCC3=O)cc2)cc1. The fourth-order valence-corrected chi connectivity index (χ4v) is 2.96. The van der Waals surface area contributed by atoms with Gasteiger partial charge in [0.25, 0.3) is 5.91 Å². The number of rotatable bonds is 5. The van der Waals surface area contributed by atoms with Crippen LogP contribution >= 0.6 is 0 Å². The number of carbonyl (C=O) groups is 3. The molecule has 0 radical (unpaired) electrons. The van der Waals surface area contributed by atoms with Gasteiger partial charge < -0.3 is 15.1 Å². The summed E-state index contributed by atoms with van der Waals surface area (Å²) < 4.78 is 0. The molecule has 0 saturated carbocycles. The van der Waals surface area contributed by atoms with Gasteiger partial charge in [-0.1, -0.05) is 12.1 Å². The predicted molar refractivity (Wildman–Crippen MR) is 105 cm³/mol. The Hall–Kier alpha value is -3.15. The molecule has 0 bridgehead atoms. The summed E-state index contributed by atoms with van der Waals surface area (Å²) in [6.45, 7) is 0.729. The fraction of sp³-hybridized carbons (Fsp3) is 0.286. The Labute approximate surface area is 158 Å². The van der Waals surface area contributed by atoms with Crippen molar-refractivity contribution in [3.63, 3.8) is 0 Å². The van der Waals surface area contributed by atoms with Crippen LogP contribution in [0.5, 0.6) is 0 Å². The second kappa shape index (κ2) is 8.03. The molecule has 2 aromatic carbocycles. The maximum atomic E-state index is 12.4. The summed E-state index contributed by atoms with van der Waals surface area (Å²) in [5, 5.41) is 2.84. The van der Waals surface area contributed by atoms with E-state index in [9.17, 15) is 14.4 Å². The first kappa shape index (κ1) is 18.6. The number of nitrogens with one attached hydrogen (secondary N) is 1. The van der Waals surface area contributed by atoms with Crippen molar-refractivity contribution in [1.82, 2.24) is 4.90 Å². The number of amides is 3. The molecular weight excluding hydrogens is 342 g/mol.